The molecular weight excluding hydrogens is 379 g/mol. The highest BCUT2D eigenvalue weighted by atomic mass is 127. The fourth-order valence-electron chi connectivity index (χ4n) is 2.03. The first kappa shape index (κ1) is 15.6. The number of rotatable bonds is 4. The van der Waals surface area contributed by atoms with E-state index in [4.69, 9.17) is 5.73 Å². The van der Waals surface area contributed by atoms with Crippen LogP contribution in [0.25, 0.3) is 0 Å². The average molecular weight is 396 g/mol. The maximum Gasteiger partial charge on any atom is 0.258 e. The zero-order valence-corrected chi connectivity index (χ0v) is 13.9. The summed E-state index contributed by atoms with van der Waals surface area (Å²) in [6.45, 7) is 2.62. The van der Waals surface area contributed by atoms with Gasteiger partial charge in [-0.25, -0.2) is 0 Å². The molecule has 0 heterocycles. The maximum absolute atomic E-state index is 12.7. The second-order valence-electron chi connectivity index (χ2n) is 4.71. The molecule has 0 saturated heterocycles. The van der Waals surface area contributed by atoms with Gasteiger partial charge in [0.05, 0.1) is 3.57 Å². The number of amides is 1. The van der Waals surface area contributed by atoms with Crippen molar-refractivity contribution in [2.45, 2.75) is 13.3 Å². The molecule has 0 bridgehead atoms. The summed E-state index contributed by atoms with van der Waals surface area (Å²) in [5.74, 6) is -0.0106. The molecule has 0 aromatic heterocycles. The lowest BCUT2D eigenvalue weighted by molar-refractivity contribution is 0.0986. The number of nitrogens with two attached hydrogens (primary N) is 1. The Morgan fingerprint density at radius 2 is 1.90 bits per heavy atom. The van der Waals surface area contributed by atoms with Crippen LogP contribution in [0.1, 0.15) is 23.7 Å². The van der Waals surface area contributed by atoms with Crippen molar-refractivity contribution in [3.63, 3.8) is 0 Å². The zero-order valence-electron chi connectivity index (χ0n) is 11.7. The molecule has 0 radical (unpaired) electrons. The third kappa shape index (κ3) is 3.66. The van der Waals surface area contributed by atoms with Crippen molar-refractivity contribution in [2.24, 2.45) is 0 Å². The lowest BCUT2D eigenvalue weighted by Crippen LogP contribution is -2.31. The van der Waals surface area contributed by atoms with Crippen molar-refractivity contribution < 1.29 is 9.90 Å². The van der Waals surface area contributed by atoms with Crippen LogP contribution in [0.4, 0.5) is 11.4 Å². The number of anilines is 2. The fraction of sp³-hybridized carbons (Fsp3) is 0.188. The highest BCUT2D eigenvalue weighted by Crippen LogP contribution is 2.24. The summed E-state index contributed by atoms with van der Waals surface area (Å²) in [6, 6.07) is 12.2. The number of nitrogens with zero attached hydrogens (tertiary/aromatic N) is 1. The lowest BCUT2D eigenvalue weighted by Gasteiger charge is -2.22. The minimum atomic E-state index is -0.131. The Bertz CT molecular complexity index is 641. The van der Waals surface area contributed by atoms with Gasteiger partial charge in [0.2, 0.25) is 0 Å². The Morgan fingerprint density at radius 1 is 1.24 bits per heavy atom. The highest BCUT2D eigenvalue weighted by Gasteiger charge is 2.17. The predicted molar refractivity (Wildman–Crippen MR) is 93.6 cm³/mol. The third-order valence-corrected chi connectivity index (χ3v) is 4.00. The standard InChI is InChI=1S/C16H17IN2O2/c1-2-9-19(13-6-4-12(18)5-7-13)16(21)11-3-8-14(17)15(20)10-11/h3-8,10,20H,2,9,18H2,1H3. The number of halogens is 1. The summed E-state index contributed by atoms with van der Waals surface area (Å²) in [5, 5.41) is 9.77. The Hall–Kier alpha value is -1.76. The van der Waals surface area contributed by atoms with Crippen molar-refractivity contribution in [3.8, 4) is 5.75 Å². The molecule has 1 amide bonds. The van der Waals surface area contributed by atoms with Gasteiger partial charge in [-0.2, -0.15) is 0 Å². The van der Waals surface area contributed by atoms with Crippen LogP contribution in [0.5, 0.6) is 5.75 Å². The molecule has 0 aliphatic rings. The van der Waals surface area contributed by atoms with Crippen molar-refractivity contribution >= 4 is 39.9 Å². The van der Waals surface area contributed by atoms with Crippen LogP contribution in [0.2, 0.25) is 0 Å². The third-order valence-electron chi connectivity index (χ3n) is 3.09. The molecule has 2 aromatic carbocycles. The quantitative estimate of drug-likeness (QED) is 0.613. The Labute approximate surface area is 137 Å². The van der Waals surface area contributed by atoms with E-state index < -0.39 is 0 Å². The second kappa shape index (κ2) is 6.80. The monoisotopic (exact) mass is 396 g/mol. The summed E-state index contributed by atoms with van der Waals surface area (Å²) in [4.78, 5) is 14.4. The van der Waals surface area contributed by atoms with E-state index in [2.05, 4.69) is 0 Å². The van der Waals surface area contributed by atoms with E-state index in [9.17, 15) is 9.90 Å². The SMILES string of the molecule is CCCN(C(=O)c1ccc(I)c(O)c1)c1ccc(N)cc1. The van der Waals surface area contributed by atoms with Gasteiger partial charge in [0.25, 0.3) is 5.91 Å². The number of nitrogen functional groups attached to an aromatic ring is 1. The number of aromatic hydroxyl groups is 1. The molecular formula is C16H17IN2O2. The molecule has 2 aromatic rings. The summed E-state index contributed by atoms with van der Waals surface area (Å²) in [5.41, 5.74) is 7.62. The van der Waals surface area contributed by atoms with E-state index in [1.54, 1.807) is 29.2 Å². The Morgan fingerprint density at radius 3 is 2.48 bits per heavy atom. The first-order chi connectivity index (χ1) is 10.0. The Balaban J connectivity index is 2.34. The van der Waals surface area contributed by atoms with Crippen molar-refractivity contribution in [1.29, 1.82) is 0 Å². The van der Waals surface area contributed by atoms with Crippen LogP contribution in [-0.4, -0.2) is 17.6 Å². The molecule has 0 atom stereocenters. The Kier molecular flexibility index (Phi) is 5.06. The van der Waals surface area contributed by atoms with Crippen LogP contribution in [0.3, 0.4) is 0 Å². The summed E-state index contributed by atoms with van der Waals surface area (Å²) in [7, 11) is 0. The molecule has 110 valence electrons. The minimum Gasteiger partial charge on any atom is -0.507 e. The zero-order chi connectivity index (χ0) is 15.4. The molecule has 2 rings (SSSR count). The first-order valence-electron chi connectivity index (χ1n) is 6.69. The van der Waals surface area contributed by atoms with Gasteiger partial charge in [0.1, 0.15) is 5.75 Å². The van der Waals surface area contributed by atoms with Gasteiger partial charge in [-0.1, -0.05) is 6.92 Å². The molecule has 0 spiro atoms. The fourth-order valence-corrected chi connectivity index (χ4v) is 2.36. The number of phenols is 1. The number of hydrogen-bond donors (Lipinski definition) is 2. The normalized spacial score (nSPS) is 10.4. The molecule has 0 aliphatic carbocycles. The van der Waals surface area contributed by atoms with Gasteiger partial charge >= 0.3 is 0 Å². The maximum atomic E-state index is 12.7. The molecule has 5 heteroatoms. The van der Waals surface area contributed by atoms with Crippen LogP contribution < -0.4 is 10.6 Å². The second-order valence-corrected chi connectivity index (χ2v) is 5.88. The van der Waals surface area contributed by atoms with Crippen LogP contribution >= 0.6 is 22.6 Å². The number of phenolic OH excluding ortho intramolecular Hbond substituents is 1. The minimum absolute atomic E-state index is 0.121. The van der Waals surface area contributed by atoms with Crippen molar-refractivity contribution in [1.82, 2.24) is 0 Å². The number of benzene rings is 2. The lowest BCUT2D eigenvalue weighted by atomic mass is 10.1. The molecule has 3 N–H and O–H groups in total. The number of hydrogen-bond acceptors (Lipinski definition) is 3. The topological polar surface area (TPSA) is 66.6 Å². The predicted octanol–water partition coefficient (Wildman–Crippen LogP) is 3.64. The molecule has 21 heavy (non-hydrogen) atoms. The summed E-state index contributed by atoms with van der Waals surface area (Å²) >= 11 is 2.02. The number of carbonyl (C=O) groups is 1. The molecule has 4 nitrogen and oxygen atoms in total. The highest BCUT2D eigenvalue weighted by molar-refractivity contribution is 14.1. The van der Waals surface area contributed by atoms with E-state index >= 15 is 0 Å². The van der Waals surface area contributed by atoms with E-state index in [0.717, 1.165) is 15.7 Å². The van der Waals surface area contributed by atoms with Crippen molar-refractivity contribution in [2.75, 3.05) is 17.2 Å². The van der Waals surface area contributed by atoms with Gasteiger partial charge in [-0.15, -0.1) is 0 Å². The first-order valence-corrected chi connectivity index (χ1v) is 7.76. The van der Waals surface area contributed by atoms with Crippen LogP contribution in [-0.2, 0) is 0 Å². The van der Waals surface area contributed by atoms with E-state index in [-0.39, 0.29) is 11.7 Å². The summed E-state index contributed by atoms with van der Waals surface area (Å²) in [6.07, 6.45) is 0.840. The van der Waals surface area contributed by atoms with Crippen LogP contribution in [0.15, 0.2) is 42.5 Å². The van der Waals surface area contributed by atoms with Gasteiger partial charge in [-0.3, -0.25) is 4.79 Å². The largest absolute Gasteiger partial charge is 0.507 e. The summed E-state index contributed by atoms with van der Waals surface area (Å²) < 4.78 is 0.721. The van der Waals surface area contributed by atoms with Gasteiger partial charge < -0.3 is 15.7 Å². The van der Waals surface area contributed by atoms with Gasteiger partial charge in [-0.05, 0) is 71.5 Å². The molecule has 0 unspecified atom stereocenters. The van der Waals surface area contributed by atoms with E-state index in [0.29, 0.717) is 17.8 Å². The average Bonchev–Trinajstić information content (AvgIpc) is 2.48. The van der Waals surface area contributed by atoms with Crippen molar-refractivity contribution in [3.05, 3.63) is 51.6 Å². The number of carbonyl (C=O) groups excluding carboxylic acids is 1. The molecule has 0 saturated carbocycles. The van der Waals surface area contributed by atoms with Crippen LogP contribution in [0, 0.1) is 3.57 Å². The van der Waals surface area contributed by atoms with E-state index in [1.165, 1.54) is 6.07 Å². The van der Waals surface area contributed by atoms with E-state index in [1.807, 2.05) is 41.6 Å². The van der Waals surface area contributed by atoms with Gasteiger partial charge in [0, 0.05) is 23.5 Å². The van der Waals surface area contributed by atoms with Gasteiger partial charge in [0.15, 0.2) is 0 Å². The molecule has 0 aliphatic heterocycles. The molecule has 0 fully saturated rings. The smallest absolute Gasteiger partial charge is 0.258 e.